The number of aryl methyl sites for hydroxylation is 4. The summed E-state index contributed by atoms with van der Waals surface area (Å²) in [5, 5.41) is 4.00. The van der Waals surface area contributed by atoms with Crippen LogP contribution < -0.4 is 5.43 Å². The zero-order valence-corrected chi connectivity index (χ0v) is 20.2. The van der Waals surface area contributed by atoms with E-state index in [4.69, 9.17) is 0 Å². The monoisotopic (exact) mass is 463 g/mol. The summed E-state index contributed by atoms with van der Waals surface area (Å²) in [5.74, 6) is -0.513. The molecule has 0 aliphatic carbocycles. The van der Waals surface area contributed by atoms with Crippen LogP contribution in [0.15, 0.2) is 76.7 Å². The average Bonchev–Trinajstić information content (AvgIpc) is 2.73. The fraction of sp³-hybridized carbons (Fsp3) is 0.231. The van der Waals surface area contributed by atoms with Gasteiger partial charge in [-0.3, -0.25) is 4.79 Å². The fourth-order valence-electron chi connectivity index (χ4n) is 3.84. The van der Waals surface area contributed by atoms with Gasteiger partial charge in [-0.25, -0.2) is 13.8 Å². The van der Waals surface area contributed by atoms with E-state index in [1.165, 1.54) is 10.5 Å². The van der Waals surface area contributed by atoms with Crippen LogP contribution in [0.2, 0.25) is 0 Å². The molecule has 172 valence electrons. The predicted octanol–water partition coefficient (Wildman–Crippen LogP) is 4.26. The number of hydrogen-bond donors (Lipinski definition) is 1. The molecular formula is C26H29N3O3S. The lowest BCUT2D eigenvalue weighted by molar-refractivity contribution is -0.121. The van der Waals surface area contributed by atoms with Crippen molar-refractivity contribution >= 4 is 22.1 Å². The summed E-state index contributed by atoms with van der Waals surface area (Å²) >= 11 is 0. The Hall–Kier alpha value is -3.29. The second-order valence-corrected chi connectivity index (χ2v) is 10.1. The second kappa shape index (κ2) is 10.6. The molecule has 33 heavy (non-hydrogen) atoms. The third-order valence-corrected chi connectivity index (χ3v) is 7.27. The van der Waals surface area contributed by atoms with Crippen LogP contribution in [0.1, 0.15) is 33.4 Å². The van der Waals surface area contributed by atoms with Crippen LogP contribution in [0, 0.1) is 27.7 Å². The zero-order chi connectivity index (χ0) is 24.0. The van der Waals surface area contributed by atoms with Crippen molar-refractivity contribution in [2.24, 2.45) is 5.10 Å². The quantitative estimate of drug-likeness (QED) is 0.400. The largest absolute Gasteiger partial charge is 0.272 e. The lowest BCUT2D eigenvalue weighted by Crippen LogP contribution is -2.39. The topological polar surface area (TPSA) is 78.8 Å². The highest BCUT2D eigenvalue weighted by Gasteiger charge is 2.29. The molecular weight excluding hydrogens is 434 g/mol. The Labute approximate surface area is 196 Å². The molecule has 3 aromatic rings. The Balaban J connectivity index is 1.86. The van der Waals surface area contributed by atoms with Crippen molar-refractivity contribution in [3.8, 4) is 0 Å². The molecule has 0 saturated heterocycles. The maximum atomic E-state index is 13.7. The van der Waals surface area contributed by atoms with E-state index in [0.717, 1.165) is 22.3 Å². The van der Waals surface area contributed by atoms with Gasteiger partial charge in [0.25, 0.3) is 5.91 Å². The van der Waals surface area contributed by atoms with Gasteiger partial charge in [-0.2, -0.15) is 9.41 Å². The van der Waals surface area contributed by atoms with E-state index in [1.54, 1.807) is 13.8 Å². The highest BCUT2D eigenvalue weighted by molar-refractivity contribution is 7.89. The Kier molecular flexibility index (Phi) is 7.79. The molecule has 0 fully saturated rings. The van der Waals surface area contributed by atoms with Gasteiger partial charge < -0.3 is 0 Å². The van der Waals surface area contributed by atoms with E-state index in [9.17, 15) is 13.2 Å². The van der Waals surface area contributed by atoms with Gasteiger partial charge in [0.05, 0.1) is 17.7 Å². The summed E-state index contributed by atoms with van der Waals surface area (Å²) in [6.45, 7) is 7.18. The summed E-state index contributed by atoms with van der Waals surface area (Å²) < 4.78 is 28.5. The first-order chi connectivity index (χ1) is 15.7. The fourth-order valence-corrected chi connectivity index (χ4v) is 5.64. The van der Waals surface area contributed by atoms with Crippen molar-refractivity contribution in [2.45, 2.75) is 39.1 Å². The van der Waals surface area contributed by atoms with Gasteiger partial charge in [0.1, 0.15) is 0 Å². The highest BCUT2D eigenvalue weighted by Crippen LogP contribution is 2.26. The molecule has 0 saturated carbocycles. The number of rotatable bonds is 8. The van der Waals surface area contributed by atoms with Crippen LogP contribution in [-0.4, -0.2) is 31.4 Å². The van der Waals surface area contributed by atoms with Crippen LogP contribution in [0.5, 0.6) is 0 Å². The van der Waals surface area contributed by atoms with Gasteiger partial charge in [-0.05, 0) is 49.9 Å². The molecule has 0 aromatic heterocycles. The first kappa shape index (κ1) is 24.4. The van der Waals surface area contributed by atoms with E-state index in [1.807, 2.05) is 80.6 Å². The number of amides is 1. The van der Waals surface area contributed by atoms with Gasteiger partial charge >= 0.3 is 0 Å². The maximum Gasteiger partial charge on any atom is 0.255 e. The van der Waals surface area contributed by atoms with Crippen molar-refractivity contribution in [2.75, 3.05) is 6.54 Å². The Morgan fingerprint density at radius 1 is 0.909 bits per heavy atom. The minimum atomic E-state index is -3.93. The molecule has 1 amide bonds. The van der Waals surface area contributed by atoms with Crippen LogP contribution in [0.25, 0.3) is 0 Å². The number of carbonyl (C=O) groups is 1. The third-order valence-electron chi connectivity index (χ3n) is 5.17. The Morgan fingerprint density at radius 3 is 2.21 bits per heavy atom. The average molecular weight is 464 g/mol. The van der Waals surface area contributed by atoms with E-state index in [-0.39, 0.29) is 18.0 Å². The van der Waals surface area contributed by atoms with Crippen molar-refractivity contribution < 1.29 is 13.2 Å². The van der Waals surface area contributed by atoms with E-state index >= 15 is 0 Å². The van der Waals surface area contributed by atoms with E-state index < -0.39 is 15.9 Å². The summed E-state index contributed by atoms with van der Waals surface area (Å²) in [5.41, 5.74) is 7.46. The summed E-state index contributed by atoms with van der Waals surface area (Å²) in [7, 11) is -3.93. The lowest BCUT2D eigenvalue weighted by atomic mass is 10.1. The van der Waals surface area contributed by atoms with Crippen LogP contribution in [0.4, 0.5) is 0 Å². The number of nitrogens with one attached hydrogen (secondary N) is 1. The molecule has 0 spiro atoms. The minimum absolute atomic E-state index is 0.0743. The SMILES string of the molecule is Cc1cccc(/C=N\NC(=O)CN(Cc2ccccc2)S(=O)(=O)c2c(C)cc(C)cc2C)c1. The van der Waals surface area contributed by atoms with Crippen LogP contribution >= 0.6 is 0 Å². The molecule has 0 aliphatic heterocycles. The maximum absolute atomic E-state index is 13.7. The van der Waals surface area contributed by atoms with Gasteiger partial charge in [0, 0.05) is 6.54 Å². The van der Waals surface area contributed by atoms with Gasteiger partial charge in [-0.1, -0.05) is 77.9 Å². The van der Waals surface area contributed by atoms with Crippen molar-refractivity contribution in [3.05, 3.63) is 100 Å². The Morgan fingerprint density at radius 2 is 1.58 bits per heavy atom. The van der Waals surface area contributed by atoms with Crippen LogP contribution in [0.3, 0.4) is 0 Å². The first-order valence-corrected chi connectivity index (χ1v) is 12.1. The van der Waals surface area contributed by atoms with Crippen molar-refractivity contribution in [1.29, 1.82) is 0 Å². The van der Waals surface area contributed by atoms with E-state index in [0.29, 0.717) is 11.1 Å². The number of carbonyl (C=O) groups excluding carboxylic acids is 1. The molecule has 7 heteroatoms. The van der Waals surface area contributed by atoms with Gasteiger partial charge in [0.2, 0.25) is 10.0 Å². The molecule has 0 atom stereocenters. The highest BCUT2D eigenvalue weighted by atomic mass is 32.2. The van der Waals surface area contributed by atoms with Crippen molar-refractivity contribution in [3.63, 3.8) is 0 Å². The van der Waals surface area contributed by atoms with Gasteiger partial charge in [-0.15, -0.1) is 0 Å². The second-order valence-electron chi connectivity index (χ2n) is 8.19. The molecule has 0 unspecified atom stereocenters. The summed E-state index contributed by atoms with van der Waals surface area (Å²) in [4.78, 5) is 12.9. The number of sulfonamides is 1. The minimum Gasteiger partial charge on any atom is -0.272 e. The lowest BCUT2D eigenvalue weighted by Gasteiger charge is -2.24. The van der Waals surface area contributed by atoms with Crippen molar-refractivity contribution in [1.82, 2.24) is 9.73 Å². The summed E-state index contributed by atoms with van der Waals surface area (Å²) in [6, 6.07) is 20.6. The smallest absolute Gasteiger partial charge is 0.255 e. The number of hydrazone groups is 1. The number of benzene rings is 3. The molecule has 3 rings (SSSR count). The number of nitrogens with zero attached hydrogens (tertiary/aromatic N) is 2. The predicted molar refractivity (Wildman–Crippen MR) is 132 cm³/mol. The zero-order valence-electron chi connectivity index (χ0n) is 19.4. The summed E-state index contributed by atoms with van der Waals surface area (Å²) in [6.07, 6.45) is 1.54. The van der Waals surface area contributed by atoms with Crippen LogP contribution in [-0.2, 0) is 21.4 Å². The van der Waals surface area contributed by atoms with E-state index in [2.05, 4.69) is 10.5 Å². The Bertz CT molecular complexity index is 1250. The normalized spacial score (nSPS) is 11.8. The molecule has 0 radical (unpaired) electrons. The third kappa shape index (κ3) is 6.37. The molecule has 0 bridgehead atoms. The first-order valence-electron chi connectivity index (χ1n) is 10.7. The number of hydrogen-bond acceptors (Lipinski definition) is 4. The standard InChI is InChI=1S/C26H29N3O3S/c1-19-9-8-12-24(15-19)16-27-28-25(30)18-29(17-23-10-6-5-7-11-23)33(31,32)26-21(3)13-20(2)14-22(26)4/h5-16H,17-18H2,1-4H3,(H,28,30)/b27-16-. The molecule has 0 heterocycles. The molecule has 6 nitrogen and oxygen atoms in total. The van der Waals surface area contributed by atoms with Gasteiger partial charge in [0.15, 0.2) is 0 Å². The molecule has 1 N–H and O–H groups in total. The molecule has 3 aromatic carbocycles. The molecule has 0 aliphatic rings.